The number of ether oxygens (including phenoxy) is 2. The van der Waals surface area contributed by atoms with Crippen LogP contribution in [0.3, 0.4) is 0 Å². The van der Waals surface area contributed by atoms with E-state index in [1.54, 1.807) is 36.4 Å². The van der Waals surface area contributed by atoms with Crippen molar-refractivity contribution >= 4 is 40.7 Å². The van der Waals surface area contributed by atoms with Crippen LogP contribution in [0.2, 0.25) is 10.0 Å². The Kier molecular flexibility index (Phi) is 7.63. The number of carbonyl (C=O) groups is 2. The summed E-state index contributed by atoms with van der Waals surface area (Å²) in [6.45, 7) is 0.330. The lowest BCUT2D eigenvalue weighted by Gasteiger charge is -2.25. The Balaban J connectivity index is 1.61. The number of Topliss-reactive ketones (excluding diaryl/α,β-unsaturated/α-hetero) is 1. The van der Waals surface area contributed by atoms with Crippen molar-refractivity contribution in [3.63, 3.8) is 0 Å². The van der Waals surface area contributed by atoms with Crippen LogP contribution in [-0.4, -0.2) is 28.8 Å². The third-order valence-corrected chi connectivity index (χ3v) is 6.83. The number of hydrogen-bond donors (Lipinski definition) is 1. The van der Waals surface area contributed by atoms with Gasteiger partial charge in [0.25, 0.3) is 11.7 Å². The standard InChI is InChI=1S/C30H23Cl2NO6/c1-37-29-23(14-20(31)15-24(29)32)27(34)25-26(33(30(36)28(25)35)16-22-11-6-12-38-22)19-9-5-10-21(13-19)39-17-18-7-3-2-4-8-18/h2-15,26,34H,16-17H2,1H3/b27-25+. The minimum absolute atomic E-state index is 0.00154. The van der Waals surface area contributed by atoms with Gasteiger partial charge >= 0.3 is 0 Å². The normalized spacial score (nSPS) is 16.5. The first-order valence-corrected chi connectivity index (χ1v) is 12.7. The molecule has 0 saturated carbocycles. The molecule has 9 heteroatoms. The average molecular weight is 564 g/mol. The van der Waals surface area contributed by atoms with Gasteiger partial charge in [0.1, 0.15) is 29.6 Å². The van der Waals surface area contributed by atoms with Crippen LogP contribution < -0.4 is 9.47 Å². The molecule has 3 aromatic carbocycles. The van der Waals surface area contributed by atoms with Crippen LogP contribution in [-0.2, 0) is 22.7 Å². The molecule has 1 unspecified atom stereocenters. The predicted octanol–water partition coefficient (Wildman–Crippen LogP) is 6.80. The maximum Gasteiger partial charge on any atom is 0.296 e. The molecule has 1 fully saturated rings. The SMILES string of the molecule is COc1c(Cl)cc(Cl)cc1/C(O)=C1\C(=O)C(=O)N(Cc2ccco2)C1c1cccc(OCc2ccccc2)c1. The number of likely N-dealkylation sites (tertiary alicyclic amines) is 1. The quantitative estimate of drug-likeness (QED) is 0.144. The second-order valence-corrected chi connectivity index (χ2v) is 9.67. The van der Waals surface area contributed by atoms with E-state index in [0.717, 1.165) is 5.56 Å². The fourth-order valence-electron chi connectivity index (χ4n) is 4.56. The third kappa shape index (κ3) is 5.37. The van der Waals surface area contributed by atoms with Gasteiger partial charge in [0.15, 0.2) is 0 Å². The fraction of sp³-hybridized carbons (Fsp3) is 0.133. The van der Waals surface area contributed by atoms with Crippen LogP contribution in [0.5, 0.6) is 11.5 Å². The highest BCUT2D eigenvalue weighted by molar-refractivity contribution is 6.46. The molecule has 1 saturated heterocycles. The van der Waals surface area contributed by atoms with E-state index in [1.165, 1.54) is 30.4 Å². The number of carbonyl (C=O) groups excluding carboxylic acids is 2. The molecule has 0 aliphatic carbocycles. The summed E-state index contributed by atoms with van der Waals surface area (Å²) in [5, 5.41) is 11.9. The summed E-state index contributed by atoms with van der Waals surface area (Å²) in [6, 6.07) is 22.0. The number of furan rings is 1. The zero-order valence-electron chi connectivity index (χ0n) is 20.8. The van der Waals surface area contributed by atoms with Crippen LogP contribution in [0.15, 0.2) is 95.1 Å². The molecule has 1 amide bonds. The molecule has 5 rings (SSSR count). The number of rotatable bonds is 8. The molecule has 4 aromatic rings. The maximum atomic E-state index is 13.4. The van der Waals surface area contributed by atoms with Gasteiger partial charge < -0.3 is 23.9 Å². The topological polar surface area (TPSA) is 89.2 Å². The van der Waals surface area contributed by atoms with E-state index in [4.69, 9.17) is 37.1 Å². The van der Waals surface area contributed by atoms with Crippen molar-refractivity contribution in [1.29, 1.82) is 0 Å². The minimum atomic E-state index is -0.960. The molecule has 1 atom stereocenters. The van der Waals surface area contributed by atoms with Crippen LogP contribution in [0.1, 0.15) is 28.5 Å². The van der Waals surface area contributed by atoms with E-state index in [-0.39, 0.29) is 33.5 Å². The van der Waals surface area contributed by atoms with Gasteiger partial charge in [0, 0.05) is 5.02 Å². The third-order valence-electron chi connectivity index (χ3n) is 6.34. The zero-order valence-corrected chi connectivity index (χ0v) is 22.3. The van der Waals surface area contributed by atoms with Gasteiger partial charge in [-0.05, 0) is 47.5 Å². The first-order chi connectivity index (χ1) is 18.9. The molecule has 1 aliphatic heterocycles. The molecular weight excluding hydrogens is 541 g/mol. The smallest absolute Gasteiger partial charge is 0.296 e. The monoisotopic (exact) mass is 563 g/mol. The lowest BCUT2D eigenvalue weighted by Crippen LogP contribution is -2.29. The first kappa shape index (κ1) is 26.4. The number of aliphatic hydroxyl groups is 1. The molecule has 1 aromatic heterocycles. The molecule has 0 radical (unpaired) electrons. The zero-order chi connectivity index (χ0) is 27.5. The summed E-state index contributed by atoms with van der Waals surface area (Å²) in [5.74, 6) is -0.991. The summed E-state index contributed by atoms with van der Waals surface area (Å²) in [6.07, 6.45) is 1.48. The largest absolute Gasteiger partial charge is 0.507 e. The Hall–Kier alpha value is -4.20. The summed E-state index contributed by atoms with van der Waals surface area (Å²) in [5.41, 5.74) is 1.49. The van der Waals surface area contributed by atoms with Crippen molar-refractivity contribution in [3.05, 3.63) is 123 Å². The molecule has 1 N–H and O–H groups in total. The van der Waals surface area contributed by atoms with Crippen molar-refractivity contribution in [2.45, 2.75) is 19.2 Å². The van der Waals surface area contributed by atoms with Gasteiger partial charge in [0.05, 0.1) is 42.1 Å². The molecular formula is C30H23Cl2NO6. The Bertz CT molecular complexity index is 1550. The number of halogens is 2. The van der Waals surface area contributed by atoms with Crippen molar-refractivity contribution in [2.75, 3.05) is 7.11 Å². The van der Waals surface area contributed by atoms with Crippen molar-refractivity contribution < 1.29 is 28.6 Å². The van der Waals surface area contributed by atoms with E-state index < -0.39 is 23.5 Å². The van der Waals surface area contributed by atoms with Crippen LogP contribution in [0.25, 0.3) is 5.76 Å². The van der Waals surface area contributed by atoms with Gasteiger partial charge in [-0.3, -0.25) is 9.59 Å². The van der Waals surface area contributed by atoms with Gasteiger partial charge in [-0.1, -0.05) is 65.7 Å². The Morgan fingerprint density at radius 1 is 1.00 bits per heavy atom. The molecule has 7 nitrogen and oxygen atoms in total. The van der Waals surface area contributed by atoms with E-state index in [0.29, 0.717) is 23.7 Å². The molecule has 39 heavy (non-hydrogen) atoms. The van der Waals surface area contributed by atoms with E-state index in [1.807, 2.05) is 30.3 Å². The second kappa shape index (κ2) is 11.3. The summed E-state index contributed by atoms with van der Waals surface area (Å²) >= 11 is 12.5. The minimum Gasteiger partial charge on any atom is -0.507 e. The molecule has 2 heterocycles. The molecule has 198 valence electrons. The van der Waals surface area contributed by atoms with Crippen molar-refractivity contribution in [2.24, 2.45) is 0 Å². The van der Waals surface area contributed by atoms with Crippen LogP contribution in [0, 0.1) is 0 Å². The molecule has 0 bridgehead atoms. The Morgan fingerprint density at radius 2 is 1.79 bits per heavy atom. The lowest BCUT2D eigenvalue weighted by molar-refractivity contribution is -0.140. The maximum absolute atomic E-state index is 13.4. The number of hydrogen-bond acceptors (Lipinski definition) is 6. The van der Waals surface area contributed by atoms with Gasteiger partial charge in [0.2, 0.25) is 0 Å². The van der Waals surface area contributed by atoms with Gasteiger partial charge in [-0.25, -0.2) is 0 Å². The number of methoxy groups -OCH3 is 1. The van der Waals surface area contributed by atoms with Gasteiger partial charge in [-0.2, -0.15) is 0 Å². The Labute approximate surface area is 234 Å². The lowest BCUT2D eigenvalue weighted by atomic mass is 9.94. The highest BCUT2D eigenvalue weighted by atomic mass is 35.5. The number of ketones is 1. The highest BCUT2D eigenvalue weighted by Crippen LogP contribution is 2.44. The van der Waals surface area contributed by atoms with E-state index >= 15 is 0 Å². The number of amides is 1. The van der Waals surface area contributed by atoms with Crippen molar-refractivity contribution in [1.82, 2.24) is 4.90 Å². The van der Waals surface area contributed by atoms with Gasteiger partial charge in [-0.15, -0.1) is 0 Å². The predicted molar refractivity (Wildman–Crippen MR) is 147 cm³/mol. The van der Waals surface area contributed by atoms with E-state index in [9.17, 15) is 14.7 Å². The second-order valence-electron chi connectivity index (χ2n) is 8.82. The number of nitrogens with zero attached hydrogens (tertiary/aromatic N) is 1. The highest BCUT2D eigenvalue weighted by Gasteiger charge is 2.47. The summed E-state index contributed by atoms with van der Waals surface area (Å²) < 4.78 is 16.8. The molecule has 0 spiro atoms. The summed E-state index contributed by atoms with van der Waals surface area (Å²) in [4.78, 5) is 28.1. The summed E-state index contributed by atoms with van der Waals surface area (Å²) in [7, 11) is 1.38. The van der Waals surface area contributed by atoms with E-state index in [2.05, 4.69) is 0 Å². The van der Waals surface area contributed by atoms with Crippen LogP contribution in [0.4, 0.5) is 0 Å². The fourth-order valence-corrected chi connectivity index (χ4v) is 5.13. The van der Waals surface area contributed by atoms with Crippen molar-refractivity contribution in [3.8, 4) is 11.5 Å². The van der Waals surface area contributed by atoms with Crippen LogP contribution >= 0.6 is 23.2 Å². The Morgan fingerprint density at radius 3 is 2.51 bits per heavy atom. The molecule has 1 aliphatic rings. The first-order valence-electron chi connectivity index (χ1n) is 12.0. The average Bonchev–Trinajstić information content (AvgIpc) is 3.54. The number of aliphatic hydroxyl groups excluding tert-OH is 1. The number of benzene rings is 3.